The van der Waals surface area contributed by atoms with Crippen molar-refractivity contribution in [3.05, 3.63) is 280 Å². The van der Waals surface area contributed by atoms with Crippen LogP contribution < -0.4 is 4.90 Å². The quantitative estimate of drug-likeness (QED) is 0.168. The van der Waals surface area contributed by atoms with Gasteiger partial charge in [0.1, 0.15) is 0 Å². The predicted octanol–water partition coefficient (Wildman–Crippen LogP) is 16.0. The number of hydrogen-bond donors (Lipinski definition) is 0. The molecule has 2 heterocycles. The second-order valence-corrected chi connectivity index (χ2v) is 18.8. The number of para-hydroxylation sites is 1. The zero-order chi connectivity index (χ0) is 42.6. The van der Waals surface area contributed by atoms with Crippen LogP contribution in [-0.2, 0) is 10.8 Å². The highest BCUT2D eigenvalue weighted by molar-refractivity contribution is 6.00. The highest BCUT2D eigenvalue weighted by atomic mass is 15.1. The van der Waals surface area contributed by atoms with E-state index >= 15 is 0 Å². The van der Waals surface area contributed by atoms with E-state index in [9.17, 15) is 0 Å². The van der Waals surface area contributed by atoms with Gasteiger partial charge in [-0.2, -0.15) is 0 Å². The largest absolute Gasteiger partial charge is 0.309 e. The maximum Gasteiger partial charge on any atom is 0.0719 e. The maximum absolute atomic E-state index is 2.63. The second-order valence-electron chi connectivity index (χ2n) is 18.8. The van der Waals surface area contributed by atoms with Gasteiger partial charge in [-0.25, -0.2) is 0 Å². The van der Waals surface area contributed by atoms with E-state index < -0.39 is 10.8 Å². The van der Waals surface area contributed by atoms with Gasteiger partial charge in [-0.05, 0) is 137 Å². The molecule has 0 saturated heterocycles. The Balaban J connectivity index is 1.11. The first-order chi connectivity index (χ1) is 32.1. The Morgan fingerprint density at radius 3 is 1.83 bits per heavy atom. The molecule has 16 rings (SSSR count). The van der Waals surface area contributed by atoms with Crippen molar-refractivity contribution in [3.63, 3.8) is 0 Å². The maximum atomic E-state index is 2.63. The first kappa shape index (κ1) is 35.5. The Morgan fingerprint density at radius 2 is 0.969 bits per heavy atom. The van der Waals surface area contributed by atoms with E-state index in [1.807, 2.05) is 0 Å². The summed E-state index contributed by atoms with van der Waals surface area (Å²) in [5.41, 5.74) is 29.1. The van der Waals surface area contributed by atoms with Crippen LogP contribution in [0.15, 0.2) is 224 Å². The molecule has 0 amide bonds. The Morgan fingerprint density at radius 1 is 0.354 bits per heavy atom. The minimum atomic E-state index is -0.523. The molecule has 0 N–H and O–H groups in total. The van der Waals surface area contributed by atoms with Crippen LogP contribution in [0.25, 0.3) is 55.6 Å². The number of hydrogen-bond acceptors (Lipinski definition) is 1. The molecule has 3 atom stereocenters. The fourth-order valence-corrected chi connectivity index (χ4v) is 13.3. The first-order valence-electron chi connectivity index (χ1n) is 23.0. The van der Waals surface area contributed by atoms with Crippen LogP contribution in [0, 0.1) is 0 Å². The van der Waals surface area contributed by atoms with Gasteiger partial charge in [0.2, 0.25) is 0 Å². The molecule has 10 aromatic rings. The smallest absolute Gasteiger partial charge is 0.0719 e. The number of benzene rings is 10. The highest BCUT2D eigenvalue weighted by Crippen LogP contribution is 2.67. The molecule has 1 spiro atoms. The molecule has 10 aromatic carbocycles. The van der Waals surface area contributed by atoms with Crippen molar-refractivity contribution in [2.75, 3.05) is 4.90 Å². The van der Waals surface area contributed by atoms with E-state index in [1.165, 1.54) is 117 Å². The number of fused-ring (bicyclic) bond motifs is 7. The van der Waals surface area contributed by atoms with Crippen LogP contribution in [0.1, 0.15) is 68.5 Å². The Hall–Kier alpha value is -8.00. The van der Waals surface area contributed by atoms with Gasteiger partial charge >= 0.3 is 0 Å². The lowest BCUT2D eigenvalue weighted by molar-refractivity contribution is 0.687. The standard InChI is InChI=1S/C64H41N/c1-63-42-32-35-47-46-19-7-11-24-53(46)64(57(47)38-42)54-36-31-41(37-51(54)60-48-20-6-5-18-45(48)49-22-13-26-56(64)62(49)60)44-17-9-12-27-58(44)65(43-33-29-40(30-34-43)39-15-3-2-4-16-39)59-28-14-25-55(63)61(59)50-21-8-10-23-52(50)63/h2-38,60H,1H3. The van der Waals surface area contributed by atoms with E-state index in [0.29, 0.717) is 0 Å². The van der Waals surface area contributed by atoms with Gasteiger partial charge in [0, 0.05) is 28.1 Å². The molecule has 0 fully saturated rings. The molecule has 2 aliphatic heterocycles. The SMILES string of the molecule is CC12c3ccc4c(c3)C3(c5ccccc5-4)c4ccc(cc4C4c5ccccc5-c5cccc3c54)-c3ccccc3N(c3ccc(-c4ccccc4)cc3)c3cccc1c3-c1ccccc12. The summed E-state index contributed by atoms with van der Waals surface area (Å²) in [7, 11) is 0. The molecule has 65 heavy (non-hydrogen) atoms. The molecular formula is C64H41N. The fourth-order valence-electron chi connectivity index (χ4n) is 13.3. The van der Waals surface area contributed by atoms with Crippen molar-refractivity contribution in [3.8, 4) is 55.6 Å². The lowest BCUT2D eigenvalue weighted by Gasteiger charge is -2.43. The summed E-state index contributed by atoms with van der Waals surface area (Å²) < 4.78 is 0. The minimum Gasteiger partial charge on any atom is -0.309 e. The summed E-state index contributed by atoms with van der Waals surface area (Å²) in [4.78, 5) is 2.54. The van der Waals surface area contributed by atoms with Gasteiger partial charge in [0.05, 0.1) is 16.8 Å². The summed E-state index contributed by atoms with van der Waals surface area (Å²) in [6, 6.07) is 85.9. The molecule has 1 heteroatoms. The van der Waals surface area contributed by atoms with Crippen molar-refractivity contribution >= 4 is 17.1 Å². The number of nitrogens with zero attached hydrogens (tertiary/aromatic N) is 1. The molecule has 1 nitrogen and oxygen atoms in total. The normalized spacial score (nSPS) is 19.1. The highest BCUT2D eigenvalue weighted by Gasteiger charge is 2.55. The Labute approximate surface area is 379 Å². The fraction of sp³-hybridized carbons (Fsp3) is 0.0625. The van der Waals surface area contributed by atoms with E-state index in [1.54, 1.807) is 0 Å². The summed E-state index contributed by atoms with van der Waals surface area (Å²) in [5.74, 6) is 0.111. The first-order valence-corrected chi connectivity index (χ1v) is 23.0. The zero-order valence-corrected chi connectivity index (χ0v) is 35.9. The van der Waals surface area contributed by atoms with Gasteiger partial charge in [0.15, 0.2) is 0 Å². The van der Waals surface area contributed by atoms with Gasteiger partial charge in [0.25, 0.3) is 0 Å². The van der Waals surface area contributed by atoms with Crippen LogP contribution in [0.2, 0.25) is 0 Å². The van der Waals surface area contributed by atoms with Crippen LogP contribution in [-0.4, -0.2) is 0 Å². The zero-order valence-electron chi connectivity index (χ0n) is 35.9. The Bertz CT molecular complexity index is 3690. The van der Waals surface area contributed by atoms with Crippen molar-refractivity contribution in [2.45, 2.75) is 23.7 Å². The van der Waals surface area contributed by atoms with Crippen LogP contribution in [0.4, 0.5) is 17.1 Å². The summed E-state index contributed by atoms with van der Waals surface area (Å²) in [5, 5.41) is 0. The topological polar surface area (TPSA) is 3.24 Å². The van der Waals surface area contributed by atoms with E-state index in [0.717, 1.165) is 11.4 Å². The van der Waals surface area contributed by atoms with Crippen molar-refractivity contribution < 1.29 is 0 Å². The molecule has 0 saturated carbocycles. The molecule has 3 unspecified atom stereocenters. The van der Waals surface area contributed by atoms with Gasteiger partial charge in [-0.1, -0.05) is 194 Å². The Kier molecular flexibility index (Phi) is 6.87. The van der Waals surface area contributed by atoms with Gasteiger partial charge in [-0.15, -0.1) is 0 Å². The molecular weight excluding hydrogens is 783 g/mol. The predicted molar refractivity (Wildman–Crippen MR) is 267 cm³/mol. The average molecular weight is 824 g/mol. The van der Waals surface area contributed by atoms with Crippen LogP contribution >= 0.6 is 0 Å². The minimum absolute atomic E-state index is 0.111. The second kappa shape index (κ2) is 12.6. The van der Waals surface area contributed by atoms with Gasteiger partial charge in [-0.3, -0.25) is 0 Å². The molecule has 6 aliphatic rings. The number of rotatable bonds is 2. The van der Waals surface area contributed by atoms with Crippen molar-refractivity contribution in [2.24, 2.45) is 0 Å². The lowest BCUT2D eigenvalue weighted by Crippen LogP contribution is -2.36. The summed E-state index contributed by atoms with van der Waals surface area (Å²) in [6.07, 6.45) is 0. The number of anilines is 3. The van der Waals surface area contributed by atoms with Crippen molar-refractivity contribution in [1.29, 1.82) is 0 Å². The monoisotopic (exact) mass is 823 g/mol. The van der Waals surface area contributed by atoms with Crippen LogP contribution in [0.5, 0.6) is 0 Å². The molecule has 0 aromatic heterocycles. The summed E-state index contributed by atoms with van der Waals surface area (Å²) >= 11 is 0. The molecule has 302 valence electrons. The van der Waals surface area contributed by atoms with E-state index in [-0.39, 0.29) is 5.92 Å². The third-order valence-electron chi connectivity index (χ3n) is 16.0. The average Bonchev–Trinajstić information content (AvgIpc) is 3.97. The third-order valence-corrected chi connectivity index (χ3v) is 16.0. The molecule has 10 bridgehead atoms. The molecule has 0 radical (unpaired) electrons. The molecule has 4 aliphatic carbocycles. The summed E-state index contributed by atoms with van der Waals surface area (Å²) in [6.45, 7) is 2.48. The van der Waals surface area contributed by atoms with E-state index in [4.69, 9.17) is 0 Å². The van der Waals surface area contributed by atoms with Crippen LogP contribution in [0.3, 0.4) is 0 Å². The lowest BCUT2D eigenvalue weighted by atomic mass is 9.58. The van der Waals surface area contributed by atoms with Gasteiger partial charge < -0.3 is 4.90 Å². The van der Waals surface area contributed by atoms with Crippen molar-refractivity contribution in [1.82, 2.24) is 0 Å². The third kappa shape index (κ3) is 4.34. The van der Waals surface area contributed by atoms with E-state index in [2.05, 4.69) is 236 Å².